The molecule has 1 nitrogen and oxygen atoms in total. The van der Waals surface area contributed by atoms with Gasteiger partial charge in [-0.2, -0.15) is 0 Å². The Bertz CT molecular complexity index is 134. The predicted octanol–water partition coefficient (Wildman–Crippen LogP) is 2.54. The molecular weight excluding hydrogens is 249 g/mol. The Kier molecular flexibility index (Phi) is 3.20. The summed E-state index contributed by atoms with van der Waals surface area (Å²) in [5.74, 6) is 0. The van der Waals surface area contributed by atoms with E-state index in [-0.39, 0.29) is 0 Å². The second kappa shape index (κ2) is 3.60. The molecule has 1 rings (SSSR count). The second-order valence-electron chi connectivity index (χ2n) is 4.48. The number of hydrogen-bond acceptors (Lipinski definition) is 1. The molecule has 0 radical (unpaired) electrons. The molecule has 2 heteroatoms. The summed E-state index contributed by atoms with van der Waals surface area (Å²) in [6.45, 7) is 7.31. The molecule has 0 N–H and O–H groups in total. The number of nitrogens with zero attached hydrogens (tertiary/aromatic N) is 1. The minimum absolute atomic E-state index is 0.566. The van der Waals surface area contributed by atoms with Crippen molar-refractivity contribution >= 4 is 22.6 Å². The highest BCUT2D eigenvalue weighted by Crippen LogP contribution is 2.32. The first kappa shape index (κ1) is 9.78. The number of likely N-dealkylation sites (tertiary alicyclic amines) is 1. The molecule has 1 saturated heterocycles. The van der Waals surface area contributed by atoms with E-state index in [9.17, 15) is 0 Å². The van der Waals surface area contributed by atoms with Gasteiger partial charge in [0.2, 0.25) is 0 Å². The number of hydrogen-bond donors (Lipinski definition) is 0. The van der Waals surface area contributed by atoms with Gasteiger partial charge in [-0.3, -0.25) is 0 Å². The van der Waals surface area contributed by atoms with Crippen molar-refractivity contribution in [1.82, 2.24) is 4.90 Å². The van der Waals surface area contributed by atoms with Crippen molar-refractivity contribution in [2.45, 2.75) is 30.6 Å². The third kappa shape index (κ3) is 3.28. The number of alkyl halides is 1. The Morgan fingerprint density at radius 2 is 2.09 bits per heavy atom. The van der Waals surface area contributed by atoms with Crippen LogP contribution < -0.4 is 0 Å². The minimum Gasteiger partial charge on any atom is -0.305 e. The summed E-state index contributed by atoms with van der Waals surface area (Å²) in [6.07, 6.45) is 2.72. The Morgan fingerprint density at radius 1 is 1.45 bits per heavy atom. The average Bonchev–Trinajstić information content (AvgIpc) is 1.90. The molecule has 0 spiro atoms. The van der Waals surface area contributed by atoms with E-state index in [1.165, 1.54) is 25.9 Å². The molecule has 11 heavy (non-hydrogen) atoms. The highest BCUT2D eigenvalue weighted by Gasteiger charge is 2.26. The van der Waals surface area contributed by atoms with Crippen LogP contribution in [0, 0.1) is 5.41 Å². The van der Waals surface area contributed by atoms with E-state index in [4.69, 9.17) is 0 Å². The largest absolute Gasteiger partial charge is 0.305 e. The average molecular weight is 267 g/mol. The van der Waals surface area contributed by atoms with Gasteiger partial charge in [-0.05, 0) is 31.8 Å². The van der Waals surface area contributed by atoms with Crippen molar-refractivity contribution in [2.75, 3.05) is 20.1 Å². The number of rotatable bonds is 0. The standard InChI is InChI=1S/C9H18IN/c1-9(2)4-5-11(3)7-8(10)6-9/h8H,4-7H2,1-3H3. The fourth-order valence-corrected chi connectivity index (χ4v) is 3.55. The van der Waals surface area contributed by atoms with Crippen LogP contribution in [-0.4, -0.2) is 29.0 Å². The fraction of sp³-hybridized carbons (Fsp3) is 1.00. The molecule has 0 aromatic heterocycles. The third-order valence-corrected chi connectivity index (χ3v) is 3.29. The van der Waals surface area contributed by atoms with Crippen LogP contribution in [0.25, 0.3) is 0 Å². The Balaban J connectivity index is 2.53. The first-order valence-corrected chi connectivity index (χ1v) is 5.57. The molecule has 1 aliphatic heterocycles. The second-order valence-corrected chi connectivity index (χ2v) is 6.24. The summed E-state index contributed by atoms with van der Waals surface area (Å²) < 4.78 is 0.843. The molecule has 66 valence electrons. The molecule has 0 saturated carbocycles. The zero-order valence-corrected chi connectivity index (χ0v) is 9.89. The maximum Gasteiger partial charge on any atom is 0.0242 e. The lowest BCUT2D eigenvalue weighted by atomic mass is 9.85. The van der Waals surface area contributed by atoms with E-state index >= 15 is 0 Å². The van der Waals surface area contributed by atoms with Crippen molar-refractivity contribution < 1.29 is 0 Å². The molecule has 0 aromatic carbocycles. The Hall–Kier alpha value is 0.690. The zero-order valence-electron chi connectivity index (χ0n) is 7.73. The van der Waals surface area contributed by atoms with E-state index < -0.39 is 0 Å². The molecule has 1 heterocycles. The van der Waals surface area contributed by atoms with Crippen LogP contribution in [0.4, 0.5) is 0 Å². The van der Waals surface area contributed by atoms with Crippen LogP contribution in [0.5, 0.6) is 0 Å². The van der Waals surface area contributed by atoms with E-state index in [0.29, 0.717) is 5.41 Å². The fourth-order valence-electron chi connectivity index (χ4n) is 1.69. The lowest BCUT2D eigenvalue weighted by molar-refractivity contribution is 0.296. The SMILES string of the molecule is CN1CCC(C)(C)CC(I)C1. The van der Waals surface area contributed by atoms with Gasteiger partial charge in [0.15, 0.2) is 0 Å². The monoisotopic (exact) mass is 267 g/mol. The van der Waals surface area contributed by atoms with Crippen molar-refractivity contribution in [3.8, 4) is 0 Å². The summed E-state index contributed by atoms with van der Waals surface area (Å²) in [7, 11) is 2.23. The molecule has 1 aliphatic rings. The minimum atomic E-state index is 0.566. The lowest BCUT2D eigenvalue weighted by Gasteiger charge is -2.22. The number of halogens is 1. The molecule has 0 amide bonds. The lowest BCUT2D eigenvalue weighted by Crippen LogP contribution is -2.23. The van der Waals surface area contributed by atoms with Gasteiger partial charge in [-0.1, -0.05) is 36.4 Å². The van der Waals surface area contributed by atoms with Gasteiger partial charge >= 0.3 is 0 Å². The van der Waals surface area contributed by atoms with Crippen molar-refractivity contribution in [3.63, 3.8) is 0 Å². The summed E-state index contributed by atoms with van der Waals surface area (Å²) in [4.78, 5) is 2.45. The van der Waals surface area contributed by atoms with Crippen LogP contribution in [0.15, 0.2) is 0 Å². The van der Waals surface area contributed by atoms with Gasteiger partial charge in [0, 0.05) is 10.5 Å². The quantitative estimate of drug-likeness (QED) is 0.481. The molecule has 1 unspecified atom stereocenters. The van der Waals surface area contributed by atoms with Crippen molar-refractivity contribution in [3.05, 3.63) is 0 Å². The predicted molar refractivity (Wildman–Crippen MR) is 58.3 cm³/mol. The maximum absolute atomic E-state index is 2.58. The van der Waals surface area contributed by atoms with Crippen LogP contribution in [-0.2, 0) is 0 Å². The highest BCUT2D eigenvalue weighted by atomic mass is 127. The van der Waals surface area contributed by atoms with Gasteiger partial charge < -0.3 is 4.90 Å². The van der Waals surface area contributed by atoms with E-state index in [1.54, 1.807) is 0 Å². The maximum atomic E-state index is 2.58. The van der Waals surface area contributed by atoms with Crippen LogP contribution in [0.2, 0.25) is 0 Å². The summed E-state index contributed by atoms with van der Waals surface area (Å²) in [5, 5.41) is 0. The van der Waals surface area contributed by atoms with Gasteiger partial charge in [0.1, 0.15) is 0 Å². The smallest absolute Gasteiger partial charge is 0.0242 e. The van der Waals surface area contributed by atoms with Gasteiger partial charge in [0.25, 0.3) is 0 Å². The molecule has 0 bridgehead atoms. The van der Waals surface area contributed by atoms with E-state index in [2.05, 4.69) is 48.4 Å². The van der Waals surface area contributed by atoms with Gasteiger partial charge in [-0.15, -0.1) is 0 Å². The van der Waals surface area contributed by atoms with Crippen LogP contribution in [0.1, 0.15) is 26.7 Å². The van der Waals surface area contributed by atoms with E-state index in [0.717, 1.165) is 3.92 Å². The van der Waals surface area contributed by atoms with Gasteiger partial charge in [-0.25, -0.2) is 0 Å². The van der Waals surface area contributed by atoms with E-state index in [1.807, 2.05) is 0 Å². The Morgan fingerprint density at radius 3 is 2.73 bits per heavy atom. The third-order valence-electron chi connectivity index (χ3n) is 2.45. The first-order valence-electron chi connectivity index (χ1n) is 4.32. The summed E-state index contributed by atoms with van der Waals surface area (Å²) in [5.41, 5.74) is 0.566. The summed E-state index contributed by atoms with van der Waals surface area (Å²) in [6, 6.07) is 0. The van der Waals surface area contributed by atoms with Crippen LogP contribution >= 0.6 is 22.6 Å². The topological polar surface area (TPSA) is 3.24 Å². The first-order chi connectivity index (χ1) is 4.99. The van der Waals surface area contributed by atoms with Crippen LogP contribution in [0.3, 0.4) is 0 Å². The molecular formula is C9H18IN. The Labute approximate surface area is 83.7 Å². The molecule has 0 aromatic rings. The highest BCUT2D eigenvalue weighted by molar-refractivity contribution is 14.1. The molecule has 1 fully saturated rings. The normalized spacial score (nSPS) is 33.3. The zero-order chi connectivity index (χ0) is 8.48. The van der Waals surface area contributed by atoms with Crippen molar-refractivity contribution in [1.29, 1.82) is 0 Å². The van der Waals surface area contributed by atoms with Crippen molar-refractivity contribution in [2.24, 2.45) is 5.41 Å². The molecule has 1 atom stereocenters. The summed E-state index contributed by atoms with van der Waals surface area (Å²) >= 11 is 2.58. The van der Waals surface area contributed by atoms with Gasteiger partial charge in [0.05, 0.1) is 0 Å². The molecule has 0 aliphatic carbocycles.